The number of hydrogen-bond acceptors (Lipinski definition) is 4. The number of nitrogens with one attached hydrogen (secondary N) is 2. The summed E-state index contributed by atoms with van der Waals surface area (Å²) in [4.78, 5) is 24.2. The van der Waals surface area contributed by atoms with Gasteiger partial charge in [-0.1, -0.05) is 29.8 Å². The molecule has 1 aromatic carbocycles. The van der Waals surface area contributed by atoms with Crippen molar-refractivity contribution in [3.63, 3.8) is 0 Å². The first-order chi connectivity index (χ1) is 16.5. The van der Waals surface area contributed by atoms with E-state index in [0.717, 1.165) is 35.1 Å². The highest BCUT2D eigenvalue weighted by Gasteiger charge is 2.10. The molecule has 0 saturated heterocycles. The summed E-state index contributed by atoms with van der Waals surface area (Å²) in [5, 5.41) is 8.29. The standard InChI is InChI=1S/C27H30N6O/c1-19(12-22-4-6-23(7-5-22)18-33-17-20(2)14-32-33)8-10-28-21(3)27(34)31-16-24-13-25-9-11-29-26(25)30-15-24/h4-11,13-15,17,21H,12,16,18H2,1-3H3,(H,29,30)(H,31,34)/b19-8+,28-10?. The average Bonchev–Trinajstić information content (AvgIpc) is 3.46. The maximum absolute atomic E-state index is 12.4. The number of aryl methyl sites for hydroxylation is 1. The normalized spacial score (nSPS) is 13.0. The van der Waals surface area contributed by atoms with Crippen LogP contribution in [0, 0.1) is 6.92 Å². The Labute approximate surface area is 199 Å². The Hall–Kier alpha value is -4.00. The van der Waals surface area contributed by atoms with Crippen molar-refractivity contribution in [3.05, 3.63) is 95.1 Å². The van der Waals surface area contributed by atoms with Gasteiger partial charge in [-0.2, -0.15) is 5.10 Å². The average molecular weight is 455 g/mol. The number of amides is 1. The second-order valence-corrected chi connectivity index (χ2v) is 8.67. The molecule has 0 saturated carbocycles. The van der Waals surface area contributed by atoms with E-state index in [1.165, 1.54) is 16.7 Å². The van der Waals surface area contributed by atoms with Crippen molar-refractivity contribution in [1.82, 2.24) is 25.1 Å². The van der Waals surface area contributed by atoms with Crippen molar-refractivity contribution in [2.24, 2.45) is 4.99 Å². The fraction of sp³-hybridized carbons (Fsp3) is 0.259. The molecule has 3 heterocycles. The van der Waals surface area contributed by atoms with Gasteiger partial charge in [0.25, 0.3) is 0 Å². The summed E-state index contributed by atoms with van der Waals surface area (Å²) in [6, 6.07) is 12.1. The SMILES string of the molecule is C/C(=C\C=NC(C)C(=O)NCc1cnc2[nH]ccc2c1)Cc1ccc(Cn2cc(C)cn2)cc1. The molecule has 174 valence electrons. The fourth-order valence-corrected chi connectivity index (χ4v) is 3.67. The maximum Gasteiger partial charge on any atom is 0.244 e. The van der Waals surface area contributed by atoms with Crippen molar-refractivity contribution < 1.29 is 4.79 Å². The second-order valence-electron chi connectivity index (χ2n) is 8.67. The molecule has 2 N–H and O–H groups in total. The van der Waals surface area contributed by atoms with E-state index in [9.17, 15) is 4.79 Å². The van der Waals surface area contributed by atoms with Crippen LogP contribution in [0.25, 0.3) is 11.0 Å². The van der Waals surface area contributed by atoms with Gasteiger partial charge < -0.3 is 10.3 Å². The molecule has 1 unspecified atom stereocenters. The predicted molar refractivity (Wildman–Crippen MR) is 136 cm³/mol. The van der Waals surface area contributed by atoms with Gasteiger partial charge in [0.05, 0.1) is 12.7 Å². The molecular weight excluding hydrogens is 424 g/mol. The minimum absolute atomic E-state index is 0.112. The first-order valence-electron chi connectivity index (χ1n) is 11.4. The van der Waals surface area contributed by atoms with E-state index in [1.807, 2.05) is 48.4 Å². The maximum atomic E-state index is 12.4. The zero-order valence-electron chi connectivity index (χ0n) is 19.8. The first-order valence-corrected chi connectivity index (χ1v) is 11.4. The summed E-state index contributed by atoms with van der Waals surface area (Å²) in [6.45, 7) is 7.11. The third kappa shape index (κ3) is 6.28. The lowest BCUT2D eigenvalue weighted by Crippen LogP contribution is -2.31. The lowest BCUT2D eigenvalue weighted by Gasteiger charge is -2.08. The number of benzene rings is 1. The molecule has 0 spiro atoms. The Morgan fingerprint density at radius 1 is 1.18 bits per heavy atom. The summed E-state index contributed by atoms with van der Waals surface area (Å²) in [5.74, 6) is -0.112. The van der Waals surface area contributed by atoms with Crippen molar-refractivity contribution in [3.8, 4) is 0 Å². The van der Waals surface area contributed by atoms with Crippen molar-refractivity contribution in [1.29, 1.82) is 0 Å². The Morgan fingerprint density at radius 2 is 1.97 bits per heavy atom. The van der Waals surface area contributed by atoms with Gasteiger partial charge >= 0.3 is 0 Å². The summed E-state index contributed by atoms with van der Waals surface area (Å²) in [5.41, 5.74) is 6.60. The van der Waals surface area contributed by atoms with Crippen LogP contribution >= 0.6 is 0 Å². The third-order valence-corrected chi connectivity index (χ3v) is 5.58. The molecule has 0 aliphatic carbocycles. The van der Waals surface area contributed by atoms with E-state index in [2.05, 4.69) is 56.6 Å². The van der Waals surface area contributed by atoms with Crippen LogP contribution in [0.1, 0.15) is 36.1 Å². The van der Waals surface area contributed by atoms with Crippen LogP contribution in [-0.2, 0) is 24.3 Å². The Kier molecular flexibility index (Phi) is 7.32. The number of H-pyrrole nitrogens is 1. The predicted octanol–water partition coefficient (Wildman–Crippen LogP) is 4.38. The smallest absolute Gasteiger partial charge is 0.244 e. The van der Waals surface area contributed by atoms with E-state index in [-0.39, 0.29) is 5.91 Å². The molecule has 0 aliphatic heterocycles. The number of carbonyl (C=O) groups excluding carboxylic acids is 1. The minimum atomic E-state index is -0.460. The number of pyridine rings is 1. The molecule has 1 amide bonds. The molecule has 7 nitrogen and oxygen atoms in total. The number of nitrogens with zero attached hydrogens (tertiary/aromatic N) is 4. The van der Waals surface area contributed by atoms with E-state index < -0.39 is 6.04 Å². The molecule has 3 aromatic heterocycles. The number of hydrogen-bond donors (Lipinski definition) is 2. The molecule has 0 bridgehead atoms. The molecule has 7 heteroatoms. The first kappa shape index (κ1) is 23.2. The van der Waals surface area contributed by atoms with E-state index in [0.29, 0.717) is 6.54 Å². The lowest BCUT2D eigenvalue weighted by molar-refractivity contribution is -0.122. The number of aromatic amines is 1. The van der Waals surface area contributed by atoms with Crippen LogP contribution in [0.4, 0.5) is 0 Å². The van der Waals surface area contributed by atoms with Gasteiger partial charge in [0.1, 0.15) is 11.7 Å². The quantitative estimate of drug-likeness (QED) is 0.368. The number of allylic oxidation sites excluding steroid dienone is 2. The summed E-state index contributed by atoms with van der Waals surface area (Å²) < 4.78 is 1.95. The minimum Gasteiger partial charge on any atom is -0.350 e. The van der Waals surface area contributed by atoms with Gasteiger partial charge in [-0.25, -0.2) is 4.98 Å². The monoisotopic (exact) mass is 454 g/mol. The zero-order chi connectivity index (χ0) is 23.9. The summed E-state index contributed by atoms with van der Waals surface area (Å²) in [6.07, 6.45) is 12.1. The molecule has 1 atom stereocenters. The Balaban J connectivity index is 1.24. The number of fused-ring (bicyclic) bond motifs is 1. The molecule has 4 rings (SSSR count). The van der Waals surface area contributed by atoms with Crippen molar-refractivity contribution >= 4 is 23.2 Å². The van der Waals surface area contributed by atoms with Crippen LogP contribution in [0.15, 0.2) is 77.8 Å². The van der Waals surface area contributed by atoms with Crippen molar-refractivity contribution in [2.45, 2.75) is 46.3 Å². The summed E-state index contributed by atoms with van der Waals surface area (Å²) >= 11 is 0. The number of aliphatic imine (C=N–C) groups is 1. The molecule has 0 aliphatic rings. The van der Waals surface area contributed by atoms with E-state index in [1.54, 1.807) is 19.3 Å². The van der Waals surface area contributed by atoms with Gasteiger partial charge in [-0.3, -0.25) is 14.5 Å². The van der Waals surface area contributed by atoms with Gasteiger partial charge in [0.15, 0.2) is 0 Å². The van der Waals surface area contributed by atoms with Gasteiger partial charge in [0.2, 0.25) is 5.91 Å². The highest BCUT2D eigenvalue weighted by Crippen LogP contribution is 2.12. The number of carbonyl (C=O) groups is 1. The van der Waals surface area contributed by atoms with Crippen LogP contribution in [0.5, 0.6) is 0 Å². The number of rotatable bonds is 9. The van der Waals surface area contributed by atoms with Gasteiger partial charge in [0, 0.05) is 36.7 Å². The highest BCUT2D eigenvalue weighted by atomic mass is 16.2. The largest absolute Gasteiger partial charge is 0.350 e. The van der Waals surface area contributed by atoms with E-state index in [4.69, 9.17) is 0 Å². The summed E-state index contributed by atoms with van der Waals surface area (Å²) in [7, 11) is 0. The van der Waals surface area contributed by atoms with Gasteiger partial charge in [-0.15, -0.1) is 0 Å². The zero-order valence-corrected chi connectivity index (χ0v) is 19.8. The van der Waals surface area contributed by atoms with Crippen LogP contribution in [0.2, 0.25) is 0 Å². The van der Waals surface area contributed by atoms with Crippen molar-refractivity contribution in [2.75, 3.05) is 0 Å². The lowest BCUT2D eigenvalue weighted by atomic mass is 10.0. The molecule has 34 heavy (non-hydrogen) atoms. The second kappa shape index (κ2) is 10.7. The molecule has 0 radical (unpaired) electrons. The van der Waals surface area contributed by atoms with Crippen LogP contribution in [-0.4, -0.2) is 37.9 Å². The van der Waals surface area contributed by atoms with Gasteiger partial charge in [-0.05, 0) is 67.7 Å². The van der Waals surface area contributed by atoms with E-state index >= 15 is 0 Å². The van der Waals surface area contributed by atoms with Crippen LogP contribution < -0.4 is 5.32 Å². The highest BCUT2D eigenvalue weighted by molar-refractivity contribution is 5.84. The van der Waals surface area contributed by atoms with Crippen LogP contribution in [0.3, 0.4) is 0 Å². The third-order valence-electron chi connectivity index (χ3n) is 5.58. The molecular formula is C27H30N6O. The topological polar surface area (TPSA) is 88.0 Å². The number of aromatic nitrogens is 4. The molecule has 4 aromatic rings. The fourth-order valence-electron chi connectivity index (χ4n) is 3.67. The molecule has 0 fully saturated rings. The Morgan fingerprint density at radius 3 is 2.74 bits per heavy atom. The Bertz CT molecular complexity index is 1310.